The Labute approximate surface area is 133 Å². The molecule has 0 atom stereocenters. The number of thiocarbonyl (C=S) groups is 1. The molecule has 0 amide bonds. The maximum atomic E-state index is 11.3. The van der Waals surface area contributed by atoms with Crippen LogP contribution in [-0.4, -0.2) is 22.4 Å². The zero-order valence-corrected chi connectivity index (χ0v) is 12.9. The van der Waals surface area contributed by atoms with Crippen LogP contribution in [0.15, 0.2) is 44.3 Å². The molecule has 0 radical (unpaired) electrons. The molecule has 0 fully saturated rings. The highest BCUT2D eigenvalue weighted by atomic mass is 79.9. The molecule has 1 heterocycles. The molecule has 0 saturated carbocycles. The van der Waals surface area contributed by atoms with Gasteiger partial charge in [0, 0.05) is 10.0 Å². The molecule has 1 aromatic carbocycles. The van der Waals surface area contributed by atoms with Crippen LogP contribution in [0, 0.1) is 0 Å². The summed E-state index contributed by atoms with van der Waals surface area (Å²) in [6.07, 6.45) is 1.39. The first-order valence-corrected chi connectivity index (χ1v) is 6.89. The van der Waals surface area contributed by atoms with Gasteiger partial charge >= 0.3 is 5.97 Å². The predicted octanol–water partition coefficient (Wildman–Crippen LogP) is 2.57. The fraction of sp³-hybridized carbons (Fsp3) is 0. The number of aromatic carboxylic acids is 1. The van der Waals surface area contributed by atoms with Gasteiger partial charge in [0.05, 0.1) is 11.8 Å². The Hall–Kier alpha value is -2.19. The second-order valence-corrected chi connectivity index (χ2v) is 5.29. The van der Waals surface area contributed by atoms with Gasteiger partial charge in [0.2, 0.25) is 0 Å². The molecule has 2 rings (SSSR count). The molecule has 21 heavy (non-hydrogen) atoms. The van der Waals surface area contributed by atoms with Crippen molar-refractivity contribution in [1.29, 1.82) is 0 Å². The maximum absolute atomic E-state index is 11.3. The number of carbonyl (C=O) groups is 1. The van der Waals surface area contributed by atoms with Crippen LogP contribution in [0.1, 0.15) is 16.1 Å². The van der Waals surface area contributed by atoms with Crippen LogP contribution in [0.3, 0.4) is 0 Å². The molecule has 6 nitrogen and oxygen atoms in total. The molecule has 8 heteroatoms. The van der Waals surface area contributed by atoms with Crippen molar-refractivity contribution in [3.8, 4) is 11.3 Å². The van der Waals surface area contributed by atoms with E-state index in [2.05, 4.69) is 38.7 Å². The van der Waals surface area contributed by atoms with Crippen molar-refractivity contribution in [2.75, 3.05) is 0 Å². The summed E-state index contributed by atoms with van der Waals surface area (Å²) in [4.78, 5) is 11.3. The molecule has 0 spiro atoms. The van der Waals surface area contributed by atoms with Gasteiger partial charge in [-0.25, -0.2) is 4.79 Å². The minimum absolute atomic E-state index is 0.0408. The second-order valence-electron chi connectivity index (χ2n) is 3.93. The van der Waals surface area contributed by atoms with Crippen molar-refractivity contribution in [3.63, 3.8) is 0 Å². The van der Waals surface area contributed by atoms with E-state index in [1.54, 1.807) is 24.3 Å². The zero-order valence-electron chi connectivity index (χ0n) is 10.5. The lowest BCUT2D eigenvalue weighted by Crippen LogP contribution is -2.23. The molecule has 0 saturated heterocycles. The van der Waals surface area contributed by atoms with E-state index in [-0.39, 0.29) is 10.7 Å². The third-order valence-electron chi connectivity index (χ3n) is 2.47. The number of furan rings is 1. The largest absolute Gasteiger partial charge is 0.478 e. The van der Waals surface area contributed by atoms with Crippen molar-refractivity contribution >= 4 is 45.4 Å². The van der Waals surface area contributed by atoms with Crippen LogP contribution in [0.4, 0.5) is 0 Å². The number of nitrogens with zero attached hydrogens (tertiary/aromatic N) is 1. The Morgan fingerprint density at radius 2 is 2.19 bits per heavy atom. The average Bonchev–Trinajstić information content (AvgIpc) is 2.86. The van der Waals surface area contributed by atoms with E-state index in [1.165, 1.54) is 12.3 Å². The lowest BCUT2D eigenvalue weighted by Gasteiger charge is -2.03. The molecule has 4 N–H and O–H groups in total. The number of carboxylic acids is 1. The second kappa shape index (κ2) is 6.51. The van der Waals surface area contributed by atoms with Gasteiger partial charge in [0.15, 0.2) is 5.11 Å². The smallest absolute Gasteiger partial charge is 0.336 e. The van der Waals surface area contributed by atoms with Crippen molar-refractivity contribution < 1.29 is 14.3 Å². The van der Waals surface area contributed by atoms with Crippen molar-refractivity contribution in [2.45, 2.75) is 0 Å². The molecule has 0 aliphatic rings. The van der Waals surface area contributed by atoms with Crippen LogP contribution in [-0.2, 0) is 0 Å². The van der Waals surface area contributed by atoms with E-state index >= 15 is 0 Å². The van der Waals surface area contributed by atoms with Gasteiger partial charge in [-0.3, -0.25) is 5.43 Å². The molecule has 0 aliphatic carbocycles. The van der Waals surface area contributed by atoms with Gasteiger partial charge in [-0.05, 0) is 42.5 Å². The van der Waals surface area contributed by atoms with Crippen molar-refractivity contribution in [1.82, 2.24) is 5.43 Å². The molecule has 0 aliphatic heterocycles. The summed E-state index contributed by atoms with van der Waals surface area (Å²) in [6, 6.07) is 8.25. The van der Waals surface area contributed by atoms with E-state index in [0.717, 1.165) is 0 Å². The maximum Gasteiger partial charge on any atom is 0.336 e. The summed E-state index contributed by atoms with van der Waals surface area (Å²) in [5.41, 5.74) is 8.25. The van der Waals surface area contributed by atoms with E-state index in [1.807, 2.05) is 0 Å². The Bertz CT molecular complexity index is 727. The number of nitrogens with two attached hydrogens (primary N) is 1. The quantitative estimate of drug-likeness (QED) is 0.436. The van der Waals surface area contributed by atoms with E-state index in [0.29, 0.717) is 21.6 Å². The van der Waals surface area contributed by atoms with Crippen molar-refractivity contribution in [3.05, 3.63) is 46.1 Å². The fourth-order valence-corrected chi connectivity index (χ4v) is 2.05. The lowest BCUT2D eigenvalue weighted by molar-refractivity contribution is 0.0697. The first-order valence-electron chi connectivity index (χ1n) is 5.69. The number of hydrogen-bond donors (Lipinski definition) is 3. The summed E-state index contributed by atoms with van der Waals surface area (Å²) >= 11 is 7.85. The van der Waals surface area contributed by atoms with Gasteiger partial charge < -0.3 is 15.3 Å². The summed E-state index contributed by atoms with van der Waals surface area (Å²) in [7, 11) is 0. The third kappa shape index (κ3) is 3.89. The summed E-state index contributed by atoms with van der Waals surface area (Å²) < 4.78 is 6.21. The van der Waals surface area contributed by atoms with E-state index in [4.69, 9.17) is 10.2 Å². The van der Waals surface area contributed by atoms with Crippen molar-refractivity contribution in [2.24, 2.45) is 10.8 Å². The molecular weight excluding hydrogens is 358 g/mol. The van der Waals surface area contributed by atoms with Gasteiger partial charge in [0.25, 0.3) is 0 Å². The first kappa shape index (κ1) is 15.2. The number of hydrogen-bond acceptors (Lipinski definition) is 4. The SMILES string of the molecule is NC(=S)NN=Cc1ccc(-c2ccc(Br)cc2C(=O)O)o1. The molecule has 0 unspecified atom stereocenters. The number of halogens is 1. The summed E-state index contributed by atoms with van der Waals surface area (Å²) in [5, 5.41) is 13.0. The Kier molecular flexibility index (Phi) is 4.71. The minimum atomic E-state index is -1.03. The first-order chi connectivity index (χ1) is 9.97. The Morgan fingerprint density at radius 1 is 1.43 bits per heavy atom. The van der Waals surface area contributed by atoms with E-state index < -0.39 is 5.97 Å². The number of nitrogens with one attached hydrogen (secondary N) is 1. The lowest BCUT2D eigenvalue weighted by atomic mass is 10.1. The van der Waals surface area contributed by atoms with Crippen LogP contribution < -0.4 is 11.2 Å². The molecule has 0 bridgehead atoms. The highest BCUT2D eigenvalue weighted by Gasteiger charge is 2.14. The average molecular weight is 368 g/mol. The molecule has 2 aromatic rings. The molecule has 108 valence electrons. The van der Waals surface area contributed by atoms with E-state index in [9.17, 15) is 9.90 Å². The van der Waals surface area contributed by atoms with Crippen LogP contribution >= 0.6 is 28.1 Å². The van der Waals surface area contributed by atoms with Gasteiger partial charge in [0.1, 0.15) is 11.5 Å². The number of hydrazone groups is 1. The zero-order chi connectivity index (χ0) is 15.4. The Balaban J connectivity index is 2.31. The summed E-state index contributed by atoms with van der Waals surface area (Å²) in [5.74, 6) is -0.169. The van der Waals surface area contributed by atoms with Crippen LogP contribution in [0.5, 0.6) is 0 Å². The normalized spacial score (nSPS) is 10.7. The monoisotopic (exact) mass is 367 g/mol. The number of benzene rings is 1. The molecule has 1 aromatic heterocycles. The molecular formula is C13H10BrN3O3S. The third-order valence-corrected chi connectivity index (χ3v) is 3.06. The van der Waals surface area contributed by atoms with Crippen LogP contribution in [0.2, 0.25) is 0 Å². The highest BCUT2D eigenvalue weighted by Crippen LogP contribution is 2.28. The topological polar surface area (TPSA) is 101 Å². The van der Waals surface area contributed by atoms with Gasteiger partial charge in [-0.1, -0.05) is 15.9 Å². The van der Waals surface area contributed by atoms with Gasteiger partial charge in [-0.2, -0.15) is 5.10 Å². The number of carboxylic acid groups (broad SMARTS) is 1. The summed E-state index contributed by atoms with van der Waals surface area (Å²) in [6.45, 7) is 0. The standard InChI is InChI=1S/C13H10BrN3O3S/c14-7-1-3-9(10(5-7)12(18)19)11-4-2-8(20-11)6-16-17-13(15)21/h1-6H,(H,18,19)(H3,15,17,21). The fourth-order valence-electron chi connectivity index (χ4n) is 1.63. The Morgan fingerprint density at radius 3 is 2.86 bits per heavy atom. The number of rotatable bonds is 4. The predicted molar refractivity (Wildman–Crippen MR) is 86.3 cm³/mol. The highest BCUT2D eigenvalue weighted by molar-refractivity contribution is 9.10. The van der Waals surface area contributed by atoms with Crippen LogP contribution in [0.25, 0.3) is 11.3 Å². The van der Waals surface area contributed by atoms with Gasteiger partial charge in [-0.15, -0.1) is 0 Å². The minimum Gasteiger partial charge on any atom is -0.478 e.